The maximum absolute atomic E-state index is 12.2. The zero-order valence-corrected chi connectivity index (χ0v) is 12.2. The van der Waals surface area contributed by atoms with Crippen molar-refractivity contribution in [2.45, 2.75) is 50.7 Å². The summed E-state index contributed by atoms with van der Waals surface area (Å²) < 4.78 is 27.2. The number of sulfonamides is 1. The van der Waals surface area contributed by atoms with Crippen molar-refractivity contribution in [3.8, 4) is 0 Å². The first-order chi connectivity index (χ1) is 8.90. The van der Waals surface area contributed by atoms with E-state index in [0.29, 0.717) is 17.5 Å². The van der Waals surface area contributed by atoms with Gasteiger partial charge < -0.3 is 10.1 Å². The summed E-state index contributed by atoms with van der Waals surface area (Å²) in [6.45, 7) is 4.14. The Labute approximate surface area is 114 Å². The Hall–Kier alpha value is -0.850. The molecule has 2 rings (SSSR count). The predicted molar refractivity (Wildman–Crippen MR) is 73.0 cm³/mol. The average Bonchev–Trinajstić information content (AvgIpc) is 2.75. The molecular weight excluding hydrogens is 264 g/mol. The quantitative estimate of drug-likeness (QED) is 0.786. The van der Waals surface area contributed by atoms with Gasteiger partial charge in [-0.2, -0.15) is 0 Å². The first-order valence-electron chi connectivity index (χ1n) is 6.71. The molecule has 0 aromatic carbocycles. The van der Waals surface area contributed by atoms with Gasteiger partial charge in [0.1, 0.15) is 0 Å². The third-order valence-corrected chi connectivity index (χ3v) is 5.20. The van der Waals surface area contributed by atoms with Gasteiger partial charge in [0.2, 0.25) is 10.0 Å². The fourth-order valence-corrected chi connectivity index (χ4v) is 4.27. The Morgan fingerprint density at radius 3 is 2.47 bits per heavy atom. The molecule has 0 amide bonds. The van der Waals surface area contributed by atoms with E-state index in [0.717, 1.165) is 19.3 Å². The lowest BCUT2D eigenvalue weighted by atomic mass is 9.81. The van der Waals surface area contributed by atoms with Crippen molar-refractivity contribution >= 4 is 10.0 Å². The second kappa shape index (κ2) is 5.64. The van der Waals surface area contributed by atoms with E-state index in [1.807, 2.05) is 0 Å². The van der Waals surface area contributed by atoms with Crippen LogP contribution in [0.5, 0.6) is 0 Å². The molecule has 0 bridgehead atoms. The predicted octanol–water partition coefficient (Wildman–Crippen LogP) is 1.61. The minimum absolute atomic E-state index is 0.0104. The normalized spacial score (nSPS) is 28.5. The van der Waals surface area contributed by atoms with Gasteiger partial charge in [0.25, 0.3) is 0 Å². The van der Waals surface area contributed by atoms with E-state index in [4.69, 9.17) is 5.11 Å². The molecule has 1 saturated carbocycles. The topological polar surface area (TPSA) is 82.2 Å². The summed E-state index contributed by atoms with van der Waals surface area (Å²) in [5.41, 5.74) is 0.505. The van der Waals surface area contributed by atoms with E-state index in [1.54, 1.807) is 0 Å². The lowest BCUT2D eigenvalue weighted by Gasteiger charge is -2.31. The molecular formula is C13H22N2O3S. The molecule has 5 nitrogen and oxygen atoms in total. The fraction of sp³-hybridized carbons (Fsp3) is 0.692. The van der Waals surface area contributed by atoms with Gasteiger partial charge in [-0.1, -0.05) is 13.8 Å². The largest absolute Gasteiger partial charge is 0.390 e. The third-order valence-electron chi connectivity index (χ3n) is 3.70. The summed E-state index contributed by atoms with van der Waals surface area (Å²) in [5, 5.41) is 8.96. The number of aliphatic hydroxyl groups is 1. The molecule has 0 saturated heterocycles. The van der Waals surface area contributed by atoms with Crippen LogP contribution < -0.4 is 4.72 Å². The molecule has 1 aromatic heterocycles. The molecule has 6 heteroatoms. The summed E-state index contributed by atoms with van der Waals surface area (Å²) >= 11 is 0. The van der Waals surface area contributed by atoms with Crippen molar-refractivity contribution in [1.82, 2.24) is 9.71 Å². The molecule has 0 radical (unpaired) electrons. The molecule has 1 aromatic rings. The minimum atomic E-state index is -3.49. The first-order valence-corrected chi connectivity index (χ1v) is 8.19. The zero-order chi connectivity index (χ0) is 14.0. The number of H-pyrrole nitrogens is 1. The molecule has 1 fully saturated rings. The van der Waals surface area contributed by atoms with Crippen molar-refractivity contribution < 1.29 is 13.5 Å². The van der Waals surface area contributed by atoms with E-state index in [-0.39, 0.29) is 17.5 Å². The van der Waals surface area contributed by atoms with Crippen LogP contribution in [-0.4, -0.2) is 24.6 Å². The van der Waals surface area contributed by atoms with Gasteiger partial charge in [0.05, 0.1) is 11.5 Å². The molecule has 0 spiro atoms. The van der Waals surface area contributed by atoms with E-state index >= 15 is 0 Å². The smallest absolute Gasteiger partial charge is 0.242 e. The van der Waals surface area contributed by atoms with Gasteiger partial charge in [0.15, 0.2) is 0 Å². The zero-order valence-electron chi connectivity index (χ0n) is 11.4. The maximum Gasteiger partial charge on any atom is 0.242 e. The van der Waals surface area contributed by atoms with E-state index < -0.39 is 10.0 Å². The highest BCUT2D eigenvalue weighted by molar-refractivity contribution is 7.89. The number of aliphatic hydroxyl groups excluding tert-OH is 1. The first kappa shape index (κ1) is 14.6. The van der Waals surface area contributed by atoms with Crippen molar-refractivity contribution in [3.63, 3.8) is 0 Å². The molecule has 1 aliphatic rings. The van der Waals surface area contributed by atoms with Gasteiger partial charge in [-0.3, -0.25) is 0 Å². The molecule has 1 aliphatic carbocycles. The van der Waals surface area contributed by atoms with Crippen molar-refractivity contribution in [1.29, 1.82) is 0 Å². The molecule has 2 atom stereocenters. The minimum Gasteiger partial charge on any atom is -0.390 e. The number of nitrogens with one attached hydrogen (secondary N) is 2. The highest BCUT2D eigenvalue weighted by Crippen LogP contribution is 2.29. The monoisotopic (exact) mass is 286 g/mol. The van der Waals surface area contributed by atoms with E-state index in [1.165, 1.54) is 12.3 Å². The van der Waals surface area contributed by atoms with Gasteiger partial charge in [-0.05, 0) is 37.2 Å². The lowest BCUT2D eigenvalue weighted by molar-refractivity contribution is 0.257. The fourth-order valence-electron chi connectivity index (χ4n) is 3.00. The Morgan fingerprint density at radius 2 is 1.95 bits per heavy atom. The second-order valence-corrected chi connectivity index (χ2v) is 7.47. The van der Waals surface area contributed by atoms with Gasteiger partial charge in [-0.25, -0.2) is 13.1 Å². The lowest BCUT2D eigenvalue weighted by Crippen LogP contribution is -2.39. The standard InChI is InChI=1S/C13H22N2O3S/c1-9-3-10(2)5-11(4-9)15-19(17,18)13-6-12(8-16)14-7-13/h6-7,9-11,14-16H,3-5,8H2,1-2H3. The molecule has 108 valence electrons. The Morgan fingerprint density at radius 1 is 1.32 bits per heavy atom. The summed E-state index contributed by atoms with van der Waals surface area (Å²) in [6, 6.07) is 1.48. The van der Waals surface area contributed by atoms with Crippen LogP contribution in [0.4, 0.5) is 0 Å². The number of rotatable bonds is 4. The highest BCUT2D eigenvalue weighted by atomic mass is 32.2. The van der Waals surface area contributed by atoms with Crippen molar-refractivity contribution in [3.05, 3.63) is 18.0 Å². The van der Waals surface area contributed by atoms with Crippen LogP contribution in [-0.2, 0) is 16.6 Å². The molecule has 2 unspecified atom stereocenters. The van der Waals surface area contributed by atoms with Crippen LogP contribution in [0.3, 0.4) is 0 Å². The van der Waals surface area contributed by atoms with Gasteiger partial charge >= 0.3 is 0 Å². The SMILES string of the molecule is CC1CC(C)CC(NS(=O)(=O)c2c[nH]c(CO)c2)C1. The Balaban J connectivity index is 2.08. The third kappa shape index (κ3) is 3.58. The second-order valence-electron chi connectivity index (χ2n) is 5.75. The van der Waals surface area contributed by atoms with Crippen LogP contribution in [0.1, 0.15) is 38.8 Å². The van der Waals surface area contributed by atoms with Gasteiger partial charge in [-0.15, -0.1) is 0 Å². The molecule has 0 aliphatic heterocycles. The summed E-state index contributed by atoms with van der Waals surface area (Å²) in [6.07, 6.45) is 4.36. The van der Waals surface area contributed by atoms with Crippen LogP contribution >= 0.6 is 0 Å². The van der Waals surface area contributed by atoms with Gasteiger partial charge in [0, 0.05) is 17.9 Å². The van der Waals surface area contributed by atoms with Crippen molar-refractivity contribution in [2.24, 2.45) is 11.8 Å². The number of hydrogen-bond donors (Lipinski definition) is 3. The van der Waals surface area contributed by atoms with Crippen LogP contribution in [0.2, 0.25) is 0 Å². The Bertz CT molecular complexity index is 514. The summed E-state index contributed by atoms with van der Waals surface area (Å²) in [5.74, 6) is 1.10. The van der Waals surface area contributed by atoms with E-state index in [9.17, 15) is 8.42 Å². The number of aromatic amines is 1. The Kier molecular flexibility index (Phi) is 4.32. The van der Waals surface area contributed by atoms with E-state index in [2.05, 4.69) is 23.6 Å². The number of hydrogen-bond acceptors (Lipinski definition) is 3. The highest BCUT2D eigenvalue weighted by Gasteiger charge is 2.28. The van der Waals surface area contributed by atoms with Crippen LogP contribution in [0, 0.1) is 11.8 Å². The van der Waals surface area contributed by atoms with Crippen LogP contribution in [0.15, 0.2) is 17.2 Å². The number of aromatic nitrogens is 1. The average molecular weight is 286 g/mol. The van der Waals surface area contributed by atoms with Crippen molar-refractivity contribution in [2.75, 3.05) is 0 Å². The molecule has 1 heterocycles. The summed E-state index contributed by atoms with van der Waals surface area (Å²) in [4.78, 5) is 2.94. The van der Waals surface area contributed by atoms with Crippen LogP contribution in [0.25, 0.3) is 0 Å². The molecule has 19 heavy (non-hydrogen) atoms. The molecule has 3 N–H and O–H groups in total. The summed E-state index contributed by atoms with van der Waals surface area (Å²) in [7, 11) is -3.49. The maximum atomic E-state index is 12.2.